The Balaban J connectivity index is 1.79. The van der Waals surface area contributed by atoms with Gasteiger partial charge in [0.2, 0.25) is 5.95 Å². The van der Waals surface area contributed by atoms with Crippen LogP contribution in [0.3, 0.4) is 0 Å². The van der Waals surface area contributed by atoms with Crippen LogP contribution in [0, 0.1) is 13.8 Å². The number of anilines is 3. The lowest BCUT2D eigenvalue weighted by molar-refractivity contribution is 0.180. The molecule has 0 fully saturated rings. The first-order chi connectivity index (χ1) is 14.0. The van der Waals surface area contributed by atoms with E-state index in [-0.39, 0.29) is 0 Å². The van der Waals surface area contributed by atoms with E-state index in [1.54, 1.807) is 0 Å². The highest BCUT2D eigenvalue weighted by molar-refractivity contribution is 5.81. The van der Waals surface area contributed by atoms with Crippen molar-refractivity contribution in [3.8, 4) is 5.75 Å². The lowest BCUT2D eigenvalue weighted by atomic mass is 9.89. The summed E-state index contributed by atoms with van der Waals surface area (Å²) in [6.07, 6.45) is 4.35. The molecular weight excluding hydrogens is 366 g/mol. The quantitative estimate of drug-likeness (QED) is 0.633. The summed E-state index contributed by atoms with van der Waals surface area (Å²) in [7, 11) is 1.85. The maximum atomic E-state index is 10.3. The van der Waals surface area contributed by atoms with E-state index in [4.69, 9.17) is 4.74 Å². The number of fused-ring (bicyclic) bond motifs is 1. The fourth-order valence-electron chi connectivity index (χ4n) is 4.05. The average Bonchev–Trinajstić information content (AvgIpc) is 2.92. The van der Waals surface area contributed by atoms with Gasteiger partial charge in [-0.1, -0.05) is 6.08 Å². The molecule has 0 saturated carbocycles. The number of aryl methyl sites for hydroxylation is 2. The molecule has 0 spiro atoms. The molecule has 7 heteroatoms. The van der Waals surface area contributed by atoms with Gasteiger partial charge in [0.15, 0.2) is 0 Å². The first-order valence-corrected chi connectivity index (χ1v) is 10.2. The minimum atomic E-state index is -0.405. The molecule has 1 atom stereocenters. The minimum absolute atomic E-state index is 0.405. The molecule has 29 heavy (non-hydrogen) atoms. The topological polar surface area (TPSA) is 91.3 Å². The van der Waals surface area contributed by atoms with Crippen molar-refractivity contribution in [3.05, 3.63) is 40.6 Å². The highest BCUT2D eigenvalue weighted by Gasteiger charge is 2.24. The van der Waals surface area contributed by atoms with E-state index < -0.39 is 6.10 Å². The van der Waals surface area contributed by atoms with Gasteiger partial charge in [-0.25, -0.2) is 4.98 Å². The third-order valence-electron chi connectivity index (χ3n) is 5.46. The van der Waals surface area contributed by atoms with Gasteiger partial charge in [0.1, 0.15) is 11.6 Å². The molecule has 0 radical (unpaired) electrons. The third kappa shape index (κ3) is 4.21. The van der Waals surface area contributed by atoms with E-state index in [9.17, 15) is 5.11 Å². The standard InChI is InChI=1S/C22H29N5O2/c1-13-9-19(23-3)27-22(25-13)26-18-11-16-5-4-8-29-21(16)20(14(18)2)15-6-7-24-12-17(28)10-15/h6,9,11,17,24,28H,4-5,7-8,10,12H2,1-3H3,(H2,23,25,26,27)/t17-/m1/s1. The SMILES string of the molecule is CNc1cc(C)nc(Nc2cc3c(c(C4=CCNC[C@H](O)C4)c2C)OCCC3)n1. The molecule has 0 bridgehead atoms. The summed E-state index contributed by atoms with van der Waals surface area (Å²) in [6.45, 7) is 6.12. The van der Waals surface area contributed by atoms with Crippen LogP contribution in [0.2, 0.25) is 0 Å². The highest BCUT2D eigenvalue weighted by Crippen LogP contribution is 2.42. The summed E-state index contributed by atoms with van der Waals surface area (Å²) in [6, 6.07) is 4.07. The second-order valence-electron chi connectivity index (χ2n) is 7.70. The van der Waals surface area contributed by atoms with Crippen molar-refractivity contribution < 1.29 is 9.84 Å². The Hall–Kier alpha value is -2.64. The number of aliphatic hydroxyl groups excluding tert-OH is 1. The van der Waals surface area contributed by atoms with Gasteiger partial charge >= 0.3 is 0 Å². The fraction of sp³-hybridized carbons (Fsp3) is 0.455. The molecule has 154 valence electrons. The maximum absolute atomic E-state index is 10.3. The normalized spacial score (nSPS) is 18.9. The van der Waals surface area contributed by atoms with Gasteiger partial charge in [0.05, 0.1) is 12.7 Å². The van der Waals surface area contributed by atoms with Crippen molar-refractivity contribution in [3.63, 3.8) is 0 Å². The second-order valence-corrected chi connectivity index (χ2v) is 7.70. The molecule has 4 N–H and O–H groups in total. The predicted molar refractivity (Wildman–Crippen MR) is 116 cm³/mol. The van der Waals surface area contributed by atoms with Gasteiger partial charge in [0, 0.05) is 49.6 Å². The molecule has 1 aromatic carbocycles. The van der Waals surface area contributed by atoms with Crippen molar-refractivity contribution in [2.75, 3.05) is 37.4 Å². The Labute approximate surface area is 171 Å². The lowest BCUT2D eigenvalue weighted by Crippen LogP contribution is -2.24. The number of benzene rings is 1. The van der Waals surface area contributed by atoms with Gasteiger partial charge in [-0.3, -0.25) is 0 Å². The zero-order valence-corrected chi connectivity index (χ0v) is 17.3. The van der Waals surface area contributed by atoms with Crippen LogP contribution in [0.5, 0.6) is 5.75 Å². The molecule has 0 aliphatic carbocycles. The third-order valence-corrected chi connectivity index (χ3v) is 5.46. The number of aromatic nitrogens is 2. The largest absolute Gasteiger partial charge is 0.493 e. The van der Waals surface area contributed by atoms with Crippen LogP contribution in [-0.4, -0.2) is 47.9 Å². The molecule has 0 unspecified atom stereocenters. The molecule has 1 aromatic heterocycles. The van der Waals surface area contributed by atoms with Gasteiger partial charge in [-0.2, -0.15) is 4.98 Å². The Morgan fingerprint density at radius 1 is 1.24 bits per heavy atom. The maximum Gasteiger partial charge on any atom is 0.229 e. The number of nitrogens with one attached hydrogen (secondary N) is 3. The monoisotopic (exact) mass is 395 g/mol. The summed E-state index contributed by atoms with van der Waals surface area (Å²) in [5.41, 5.74) is 6.36. The van der Waals surface area contributed by atoms with Crippen molar-refractivity contribution in [1.29, 1.82) is 0 Å². The van der Waals surface area contributed by atoms with Crippen molar-refractivity contribution in [1.82, 2.24) is 15.3 Å². The zero-order valence-electron chi connectivity index (χ0n) is 17.3. The molecule has 7 nitrogen and oxygen atoms in total. The van der Waals surface area contributed by atoms with Crippen molar-refractivity contribution >= 4 is 23.0 Å². The smallest absolute Gasteiger partial charge is 0.229 e. The lowest BCUT2D eigenvalue weighted by Gasteiger charge is -2.26. The number of aliphatic hydroxyl groups is 1. The Bertz CT molecular complexity index is 941. The molecule has 2 aliphatic rings. The first kappa shape index (κ1) is 19.7. The molecule has 2 aliphatic heterocycles. The van der Waals surface area contributed by atoms with Crippen molar-refractivity contribution in [2.45, 2.75) is 39.2 Å². The number of hydrogen-bond acceptors (Lipinski definition) is 7. The van der Waals surface area contributed by atoms with Crippen LogP contribution in [-0.2, 0) is 6.42 Å². The number of rotatable bonds is 4. The first-order valence-electron chi connectivity index (χ1n) is 10.2. The van der Waals surface area contributed by atoms with Gasteiger partial charge < -0.3 is 25.8 Å². The molecule has 3 heterocycles. The van der Waals surface area contributed by atoms with Crippen LogP contribution in [0.15, 0.2) is 18.2 Å². The Kier molecular flexibility index (Phi) is 5.69. The minimum Gasteiger partial charge on any atom is -0.493 e. The van der Waals surface area contributed by atoms with E-state index in [0.717, 1.165) is 65.6 Å². The Morgan fingerprint density at radius 3 is 2.93 bits per heavy atom. The summed E-state index contributed by atoms with van der Waals surface area (Å²) >= 11 is 0. The fourth-order valence-corrected chi connectivity index (χ4v) is 4.05. The van der Waals surface area contributed by atoms with Gasteiger partial charge in [-0.15, -0.1) is 0 Å². The van der Waals surface area contributed by atoms with Gasteiger partial charge in [0.25, 0.3) is 0 Å². The van der Waals surface area contributed by atoms with E-state index in [1.807, 2.05) is 20.0 Å². The molecule has 2 aromatic rings. The molecule has 0 saturated heterocycles. The molecular formula is C22H29N5O2. The number of nitrogens with zero attached hydrogens (tertiary/aromatic N) is 2. The van der Waals surface area contributed by atoms with Crippen LogP contribution in [0.25, 0.3) is 5.57 Å². The second kappa shape index (κ2) is 8.39. The zero-order chi connectivity index (χ0) is 20.4. The molecule has 0 amide bonds. The summed E-state index contributed by atoms with van der Waals surface area (Å²) in [5, 5.41) is 20.1. The number of hydrogen-bond donors (Lipinski definition) is 4. The average molecular weight is 396 g/mol. The van der Waals surface area contributed by atoms with E-state index in [0.29, 0.717) is 18.9 Å². The van der Waals surface area contributed by atoms with Gasteiger partial charge in [-0.05, 0) is 49.5 Å². The van der Waals surface area contributed by atoms with E-state index in [1.165, 1.54) is 5.56 Å². The summed E-state index contributed by atoms with van der Waals surface area (Å²) in [5.74, 6) is 2.30. The predicted octanol–water partition coefficient (Wildman–Crippen LogP) is 2.94. The van der Waals surface area contributed by atoms with E-state index in [2.05, 4.69) is 45.0 Å². The van der Waals surface area contributed by atoms with Crippen LogP contribution in [0.4, 0.5) is 17.5 Å². The highest BCUT2D eigenvalue weighted by atomic mass is 16.5. The Morgan fingerprint density at radius 2 is 2.10 bits per heavy atom. The van der Waals surface area contributed by atoms with Crippen LogP contribution >= 0.6 is 0 Å². The summed E-state index contributed by atoms with van der Waals surface area (Å²) in [4.78, 5) is 9.08. The van der Waals surface area contributed by atoms with Crippen LogP contribution < -0.4 is 20.7 Å². The summed E-state index contributed by atoms with van der Waals surface area (Å²) < 4.78 is 6.11. The van der Waals surface area contributed by atoms with Crippen molar-refractivity contribution in [2.24, 2.45) is 0 Å². The van der Waals surface area contributed by atoms with E-state index >= 15 is 0 Å². The number of ether oxygens (including phenoxy) is 1. The van der Waals surface area contributed by atoms with Crippen LogP contribution in [0.1, 0.15) is 35.2 Å². The molecule has 4 rings (SSSR count). The number of β-amino-alcohol motifs (C(OH)–C–C–N with tert-alkyl or cyclic N) is 1.